The lowest BCUT2D eigenvalue weighted by Gasteiger charge is -2.20. The van der Waals surface area contributed by atoms with Gasteiger partial charge in [-0.25, -0.2) is 0 Å². The van der Waals surface area contributed by atoms with Crippen LogP contribution in [0.3, 0.4) is 0 Å². The molecule has 0 fully saturated rings. The largest absolute Gasteiger partial charge is 0.495 e. The average Bonchev–Trinajstić information content (AvgIpc) is 2.78. The number of nitrogens with two attached hydrogens (primary N) is 1. The highest BCUT2D eigenvalue weighted by atomic mass is 31.2. The number of anilines is 4. The highest BCUT2D eigenvalue weighted by Gasteiger charge is 2.21. The Bertz CT molecular complexity index is 1260. The first-order chi connectivity index (χ1) is 15.8. The Balaban J connectivity index is 1.71. The molecule has 0 spiro atoms. The summed E-state index contributed by atoms with van der Waals surface area (Å²) in [4.78, 5) is 16.4. The van der Waals surface area contributed by atoms with Crippen LogP contribution in [0, 0.1) is 0 Å². The molecule has 0 bridgehead atoms. The standard InChI is InChI=1S/C22H26N7O3P/c1-32-17-11-14-12-24-9-8-13(14)10-16(17)26-22-27-21(19(20(23)30)28-29-22)25-15-6-4-5-7-18(15)33(2,3)31/h4-7,10-11,24H,8-9,12H2,1-3H3,(H2,23,30)(H2,25,26,27,29). The molecule has 11 heteroatoms. The molecule has 1 amide bonds. The van der Waals surface area contributed by atoms with Gasteiger partial charge in [0, 0.05) is 11.8 Å². The van der Waals surface area contributed by atoms with Gasteiger partial charge in [-0.1, -0.05) is 12.1 Å². The first-order valence-corrected chi connectivity index (χ1v) is 13.0. The van der Waals surface area contributed by atoms with Gasteiger partial charge in [-0.15, -0.1) is 10.2 Å². The highest BCUT2D eigenvalue weighted by molar-refractivity contribution is 7.70. The molecule has 0 atom stereocenters. The van der Waals surface area contributed by atoms with E-state index >= 15 is 0 Å². The molecule has 2 heterocycles. The molecule has 3 aromatic rings. The highest BCUT2D eigenvalue weighted by Crippen LogP contribution is 2.38. The van der Waals surface area contributed by atoms with Gasteiger partial charge in [0.2, 0.25) is 5.95 Å². The number of hydrogen-bond acceptors (Lipinski definition) is 9. The monoisotopic (exact) mass is 467 g/mol. The van der Waals surface area contributed by atoms with Crippen molar-refractivity contribution >= 4 is 41.5 Å². The molecule has 0 saturated carbocycles. The molecule has 33 heavy (non-hydrogen) atoms. The van der Waals surface area contributed by atoms with Gasteiger partial charge in [-0.2, -0.15) is 4.98 Å². The van der Waals surface area contributed by atoms with Crippen molar-refractivity contribution in [3.63, 3.8) is 0 Å². The zero-order valence-electron chi connectivity index (χ0n) is 18.7. The minimum atomic E-state index is -2.60. The second kappa shape index (κ2) is 9.17. The molecule has 5 N–H and O–H groups in total. The van der Waals surface area contributed by atoms with E-state index in [0.717, 1.165) is 19.5 Å². The quantitative estimate of drug-likeness (QED) is 0.385. The topological polar surface area (TPSA) is 144 Å². The van der Waals surface area contributed by atoms with Crippen molar-refractivity contribution in [2.45, 2.75) is 13.0 Å². The van der Waals surface area contributed by atoms with Crippen LogP contribution in [0.4, 0.5) is 23.1 Å². The number of primary amides is 1. The summed E-state index contributed by atoms with van der Waals surface area (Å²) < 4.78 is 18.3. The average molecular weight is 467 g/mol. The Labute approximate surface area is 191 Å². The van der Waals surface area contributed by atoms with E-state index in [1.807, 2.05) is 12.1 Å². The summed E-state index contributed by atoms with van der Waals surface area (Å²) in [6.45, 7) is 5.02. The normalized spacial score (nSPS) is 13.2. The van der Waals surface area contributed by atoms with Crippen LogP contribution in [-0.2, 0) is 17.5 Å². The predicted octanol–water partition coefficient (Wildman–Crippen LogP) is 2.36. The van der Waals surface area contributed by atoms with Crippen LogP contribution in [0.2, 0.25) is 0 Å². The lowest BCUT2D eigenvalue weighted by molar-refractivity contribution is 0.0995. The minimum Gasteiger partial charge on any atom is -0.495 e. The lowest BCUT2D eigenvalue weighted by atomic mass is 10.00. The summed E-state index contributed by atoms with van der Waals surface area (Å²) in [5.41, 5.74) is 8.99. The zero-order valence-corrected chi connectivity index (χ0v) is 19.6. The van der Waals surface area contributed by atoms with Crippen molar-refractivity contribution < 1.29 is 14.1 Å². The smallest absolute Gasteiger partial charge is 0.273 e. The van der Waals surface area contributed by atoms with Crippen LogP contribution >= 0.6 is 7.14 Å². The molecule has 0 aliphatic carbocycles. The van der Waals surface area contributed by atoms with Crippen LogP contribution in [0.25, 0.3) is 0 Å². The van der Waals surface area contributed by atoms with E-state index in [1.165, 1.54) is 11.1 Å². The minimum absolute atomic E-state index is 0.113. The van der Waals surface area contributed by atoms with E-state index in [9.17, 15) is 9.36 Å². The van der Waals surface area contributed by atoms with Crippen molar-refractivity contribution in [3.05, 3.63) is 53.2 Å². The third-order valence-electron chi connectivity index (χ3n) is 5.31. The van der Waals surface area contributed by atoms with Crippen LogP contribution in [0.1, 0.15) is 21.6 Å². The summed E-state index contributed by atoms with van der Waals surface area (Å²) in [6.07, 6.45) is 0.894. The van der Waals surface area contributed by atoms with Gasteiger partial charge in [0.05, 0.1) is 18.5 Å². The van der Waals surface area contributed by atoms with Gasteiger partial charge in [0.15, 0.2) is 11.5 Å². The van der Waals surface area contributed by atoms with Crippen LogP contribution in [0.5, 0.6) is 5.75 Å². The van der Waals surface area contributed by atoms with E-state index in [1.54, 1.807) is 44.7 Å². The van der Waals surface area contributed by atoms with Crippen LogP contribution < -0.4 is 31.7 Å². The summed E-state index contributed by atoms with van der Waals surface area (Å²) in [5.74, 6) is 0.125. The number of aromatic nitrogens is 3. The lowest BCUT2D eigenvalue weighted by Crippen LogP contribution is -2.23. The number of benzene rings is 2. The number of carbonyl (C=O) groups is 1. The molecule has 4 rings (SSSR count). The fraction of sp³-hybridized carbons (Fsp3) is 0.273. The second-order valence-electron chi connectivity index (χ2n) is 8.06. The SMILES string of the molecule is COc1cc2c(cc1Nc1nnc(C(N)=O)c(Nc3ccccc3P(C)(C)=O)n1)CCNC2. The molecule has 1 aliphatic rings. The Morgan fingerprint density at radius 2 is 1.91 bits per heavy atom. The fourth-order valence-electron chi connectivity index (χ4n) is 3.71. The molecule has 0 saturated heterocycles. The van der Waals surface area contributed by atoms with Crippen molar-refractivity contribution in [2.24, 2.45) is 5.73 Å². The van der Waals surface area contributed by atoms with Crippen molar-refractivity contribution in [1.29, 1.82) is 0 Å². The second-order valence-corrected chi connectivity index (χ2v) is 11.2. The number of nitrogens with zero attached hydrogens (tertiary/aromatic N) is 3. The maximum absolute atomic E-state index is 12.7. The molecule has 2 aromatic carbocycles. The Kier molecular flexibility index (Phi) is 6.31. The molecule has 172 valence electrons. The third-order valence-corrected chi connectivity index (χ3v) is 6.86. The van der Waals surface area contributed by atoms with E-state index in [4.69, 9.17) is 10.5 Å². The van der Waals surface area contributed by atoms with Gasteiger partial charge in [0.25, 0.3) is 5.91 Å². The van der Waals surface area contributed by atoms with E-state index in [-0.39, 0.29) is 17.5 Å². The molecule has 0 radical (unpaired) electrons. The van der Waals surface area contributed by atoms with Gasteiger partial charge in [0.1, 0.15) is 12.9 Å². The number of amides is 1. The van der Waals surface area contributed by atoms with Crippen molar-refractivity contribution in [1.82, 2.24) is 20.5 Å². The molecule has 10 nitrogen and oxygen atoms in total. The van der Waals surface area contributed by atoms with Gasteiger partial charge in [-0.3, -0.25) is 4.79 Å². The molecule has 1 aromatic heterocycles. The van der Waals surface area contributed by atoms with E-state index in [0.29, 0.717) is 22.4 Å². The number of rotatable bonds is 7. The van der Waals surface area contributed by atoms with Gasteiger partial charge in [-0.05, 0) is 61.7 Å². The predicted molar refractivity (Wildman–Crippen MR) is 129 cm³/mol. The number of hydrogen-bond donors (Lipinski definition) is 4. The molecular formula is C22H26N7O3P. The number of methoxy groups -OCH3 is 1. The number of ether oxygens (including phenoxy) is 1. The number of para-hydroxylation sites is 1. The summed E-state index contributed by atoms with van der Waals surface area (Å²) >= 11 is 0. The fourth-order valence-corrected chi connectivity index (χ4v) is 4.86. The van der Waals surface area contributed by atoms with Crippen LogP contribution in [-0.4, -0.2) is 48.1 Å². The molecule has 1 aliphatic heterocycles. The third kappa shape index (κ3) is 4.97. The van der Waals surface area contributed by atoms with Crippen LogP contribution in [0.15, 0.2) is 36.4 Å². The number of nitrogens with one attached hydrogen (secondary N) is 3. The van der Waals surface area contributed by atoms with Crippen molar-refractivity contribution in [3.8, 4) is 5.75 Å². The van der Waals surface area contributed by atoms with Gasteiger partial charge < -0.3 is 31.0 Å². The van der Waals surface area contributed by atoms with Crippen molar-refractivity contribution in [2.75, 3.05) is 37.6 Å². The Hall–Kier alpha value is -3.49. The first-order valence-electron chi connectivity index (χ1n) is 10.4. The van der Waals surface area contributed by atoms with Gasteiger partial charge >= 0.3 is 0 Å². The summed E-state index contributed by atoms with van der Waals surface area (Å²) in [6, 6.07) is 11.1. The maximum Gasteiger partial charge on any atom is 0.273 e. The maximum atomic E-state index is 12.7. The molecular weight excluding hydrogens is 441 g/mol. The Morgan fingerprint density at radius 3 is 2.64 bits per heavy atom. The number of fused-ring (bicyclic) bond motifs is 1. The van der Waals surface area contributed by atoms with E-state index < -0.39 is 13.0 Å². The first kappa shape index (κ1) is 22.7. The molecule has 0 unspecified atom stereocenters. The summed E-state index contributed by atoms with van der Waals surface area (Å²) in [5, 5.41) is 18.2. The Morgan fingerprint density at radius 1 is 1.12 bits per heavy atom. The summed E-state index contributed by atoms with van der Waals surface area (Å²) in [7, 11) is -1.01. The number of carbonyl (C=O) groups excluding carboxylic acids is 1. The van der Waals surface area contributed by atoms with E-state index in [2.05, 4.69) is 31.1 Å². The zero-order chi connectivity index (χ0) is 23.6.